The first-order chi connectivity index (χ1) is 8.58. The van der Waals surface area contributed by atoms with Crippen molar-refractivity contribution in [2.75, 3.05) is 7.11 Å². The lowest BCUT2D eigenvalue weighted by molar-refractivity contribution is -0.123. The summed E-state index contributed by atoms with van der Waals surface area (Å²) in [6.07, 6.45) is 3.80. The van der Waals surface area contributed by atoms with Gasteiger partial charge >= 0.3 is 0 Å². The molecule has 2 aliphatic carbocycles. The average molecular weight is 242 g/mol. The number of ether oxygens (including phenoxy) is 1. The molecule has 0 heterocycles. The number of carbonyl (C=O) groups is 1. The van der Waals surface area contributed by atoms with E-state index in [1.165, 1.54) is 11.1 Å². The Kier molecular flexibility index (Phi) is 2.37. The zero-order valence-electron chi connectivity index (χ0n) is 11.1. The minimum atomic E-state index is -0.302. The summed E-state index contributed by atoms with van der Waals surface area (Å²) in [6, 6.07) is 6.17. The van der Waals surface area contributed by atoms with Gasteiger partial charge in [-0.15, -0.1) is 0 Å². The van der Waals surface area contributed by atoms with E-state index in [0.29, 0.717) is 18.1 Å². The van der Waals surface area contributed by atoms with Crippen LogP contribution in [0.25, 0.3) is 5.57 Å². The summed E-state index contributed by atoms with van der Waals surface area (Å²) >= 11 is 0. The van der Waals surface area contributed by atoms with Gasteiger partial charge in [-0.25, -0.2) is 0 Å². The number of benzene rings is 1. The second-order valence-corrected chi connectivity index (χ2v) is 5.55. The molecule has 0 aromatic heterocycles. The van der Waals surface area contributed by atoms with Crippen LogP contribution in [0, 0.1) is 5.41 Å². The summed E-state index contributed by atoms with van der Waals surface area (Å²) in [5.41, 5.74) is 3.33. The van der Waals surface area contributed by atoms with Crippen molar-refractivity contribution in [1.82, 2.24) is 0 Å². The highest BCUT2D eigenvalue weighted by Crippen LogP contribution is 2.54. The molecule has 1 aromatic carbocycles. The number of hydrogen-bond donors (Lipinski definition) is 0. The van der Waals surface area contributed by atoms with Gasteiger partial charge in [-0.05, 0) is 37.5 Å². The molecule has 94 valence electrons. The van der Waals surface area contributed by atoms with Crippen molar-refractivity contribution in [1.29, 1.82) is 0 Å². The van der Waals surface area contributed by atoms with Crippen LogP contribution in [0.2, 0.25) is 0 Å². The van der Waals surface area contributed by atoms with Crippen LogP contribution in [0.5, 0.6) is 5.75 Å². The van der Waals surface area contributed by atoms with Gasteiger partial charge in [0.1, 0.15) is 11.5 Å². The Morgan fingerprint density at radius 1 is 1.39 bits per heavy atom. The summed E-state index contributed by atoms with van der Waals surface area (Å²) in [4.78, 5) is 12.2. The molecule has 0 radical (unpaired) electrons. The van der Waals surface area contributed by atoms with Gasteiger partial charge in [0.15, 0.2) is 0 Å². The number of ketones is 1. The molecular formula is C16H18O2. The minimum Gasteiger partial charge on any atom is -0.496 e. The third-order valence-corrected chi connectivity index (χ3v) is 4.55. The lowest BCUT2D eigenvalue weighted by Crippen LogP contribution is -2.28. The first-order valence-corrected chi connectivity index (χ1v) is 6.48. The second-order valence-electron chi connectivity index (χ2n) is 5.55. The molecular weight excluding hydrogens is 224 g/mol. The maximum Gasteiger partial charge on any atom is 0.143 e. The van der Waals surface area contributed by atoms with Crippen molar-refractivity contribution in [2.24, 2.45) is 5.41 Å². The predicted octanol–water partition coefficient (Wildman–Crippen LogP) is 3.56. The van der Waals surface area contributed by atoms with E-state index >= 15 is 0 Å². The smallest absolute Gasteiger partial charge is 0.143 e. The maximum absolute atomic E-state index is 12.2. The van der Waals surface area contributed by atoms with Crippen molar-refractivity contribution in [3.63, 3.8) is 0 Å². The normalized spacial score (nSPS) is 29.6. The second kappa shape index (κ2) is 3.71. The Bertz CT molecular complexity index is 556. The summed E-state index contributed by atoms with van der Waals surface area (Å²) in [5.74, 6) is 1.61. The van der Waals surface area contributed by atoms with Crippen molar-refractivity contribution in [2.45, 2.75) is 32.6 Å². The Morgan fingerprint density at radius 3 is 2.89 bits per heavy atom. The van der Waals surface area contributed by atoms with Crippen molar-refractivity contribution in [3.8, 4) is 5.75 Å². The van der Waals surface area contributed by atoms with E-state index in [2.05, 4.69) is 26.0 Å². The molecule has 0 N–H and O–H groups in total. The average Bonchev–Trinajstić information content (AvgIpc) is 2.65. The summed E-state index contributed by atoms with van der Waals surface area (Å²) < 4.78 is 5.47. The fourth-order valence-corrected chi connectivity index (χ4v) is 3.65. The van der Waals surface area contributed by atoms with Gasteiger partial charge in [-0.1, -0.05) is 18.2 Å². The number of methoxy groups -OCH3 is 1. The number of fused-ring (bicyclic) bond motifs is 3. The molecule has 0 bridgehead atoms. The lowest BCUT2D eigenvalue weighted by atomic mass is 9.68. The van der Waals surface area contributed by atoms with Gasteiger partial charge in [-0.3, -0.25) is 4.79 Å². The zero-order valence-corrected chi connectivity index (χ0v) is 11.1. The molecule has 0 saturated heterocycles. The van der Waals surface area contributed by atoms with Gasteiger partial charge in [-0.2, -0.15) is 0 Å². The monoisotopic (exact) mass is 242 g/mol. The first-order valence-electron chi connectivity index (χ1n) is 6.48. The van der Waals surface area contributed by atoms with Gasteiger partial charge in [0.05, 0.1) is 12.5 Å². The first kappa shape index (κ1) is 11.5. The van der Waals surface area contributed by atoms with Crippen LogP contribution in [-0.4, -0.2) is 12.9 Å². The molecule has 0 spiro atoms. The van der Waals surface area contributed by atoms with Crippen LogP contribution in [0.1, 0.15) is 43.7 Å². The highest BCUT2D eigenvalue weighted by atomic mass is 16.5. The molecule has 2 aliphatic rings. The summed E-state index contributed by atoms with van der Waals surface area (Å²) in [6.45, 7) is 4.16. The Labute approximate surface area is 108 Å². The van der Waals surface area contributed by atoms with Crippen LogP contribution < -0.4 is 4.74 Å². The van der Waals surface area contributed by atoms with Crippen LogP contribution in [0.3, 0.4) is 0 Å². The third-order valence-electron chi connectivity index (χ3n) is 4.55. The van der Waals surface area contributed by atoms with Gasteiger partial charge < -0.3 is 4.74 Å². The minimum absolute atomic E-state index is 0.302. The molecule has 1 saturated carbocycles. The molecule has 18 heavy (non-hydrogen) atoms. The van der Waals surface area contributed by atoms with Gasteiger partial charge in [0, 0.05) is 17.9 Å². The van der Waals surface area contributed by atoms with Gasteiger partial charge in [0.25, 0.3) is 0 Å². The molecule has 3 rings (SSSR count). The molecule has 1 aromatic rings. The zero-order chi connectivity index (χ0) is 12.9. The van der Waals surface area contributed by atoms with Crippen LogP contribution in [0.15, 0.2) is 24.3 Å². The van der Waals surface area contributed by atoms with Crippen LogP contribution >= 0.6 is 0 Å². The number of hydrogen-bond acceptors (Lipinski definition) is 2. The Hall–Kier alpha value is -1.57. The standard InChI is InChI=1S/C16H18O2/c1-10-9-16(2)12(7-8-14(16)17)11-5-4-6-13(18-3)15(10)11/h4-6,9,12H,7-8H2,1-3H3/t12-,16+/m1/s1. The van der Waals surface area contributed by atoms with E-state index in [-0.39, 0.29) is 5.41 Å². The highest BCUT2D eigenvalue weighted by Gasteiger charge is 2.48. The van der Waals surface area contributed by atoms with E-state index in [9.17, 15) is 4.79 Å². The molecule has 0 amide bonds. The topological polar surface area (TPSA) is 26.3 Å². The Morgan fingerprint density at radius 2 is 2.17 bits per heavy atom. The fraction of sp³-hybridized carbons (Fsp3) is 0.438. The molecule has 2 atom stereocenters. The highest BCUT2D eigenvalue weighted by molar-refractivity contribution is 5.94. The number of carbonyl (C=O) groups excluding carboxylic acids is 1. The van der Waals surface area contributed by atoms with Crippen LogP contribution in [0.4, 0.5) is 0 Å². The van der Waals surface area contributed by atoms with Crippen molar-refractivity contribution < 1.29 is 9.53 Å². The Balaban J connectivity index is 2.26. The number of allylic oxidation sites excluding steroid dienone is 2. The number of rotatable bonds is 1. The quantitative estimate of drug-likeness (QED) is 0.752. The molecule has 0 unspecified atom stereocenters. The number of Topliss-reactive ketones (excluding diaryl/α,β-unsaturated/α-hetero) is 1. The lowest BCUT2D eigenvalue weighted by Gasteiger charge is -2.34. The predicted molar refractivity (Wildman–Crippen MR) is 71.7 cm³/mol. The van der Waals surface area contributed by atoms with Crippen LogP contribution in [-0.2, 0) is 4.79 Å². The van der Waals surface area contributed by atoms with E-state index in [4.69, 9.17) is 4.74 Å². The molecule has 0 aliphatic heterocycles. The molecule has 1 fully saturated rings. The van der Waals surface area contributed by atoms with Crippen molar-refractivity contribution >= 4 is 11.4 Å². The molecule has 2 heteroatoms. The largest absolute Gasteiger partial charge is 0.496 e. The fourth-order valence-electron chi connectivity index (χ4n) is 3.65. The van der Waals surface area contributed by atoms with E-state index < -0.39 is 0 Å². The third kappa shape index (κ3) is 1.32. The molecule has 2 nitrogen and oxygen atoms in total. The van der Waals surface area contributed by atoms with E-state index in [1.807, 2.05) is 12.1 Å². The summed E-state index contributed by atoms with van der Waals surface area (Å²) in [5, 5.41) is 0. The van der Waals surface area contributed by atoms with E-state index in [0.717, 1.165) is 17.7 Å². The van der Waals surface area contributed by atoms with E-state index in [1.54, 1.807) is 7.11 Å². The van der Waals surface area contributed by atoms with Gasteiger partial charge in [0.2, 0.25) is 0 Å². The SMILES string of the molecule is COc1cccc2c1C(C)=C[C@]1(C)C(=O)CC[C@H]21. The summed E-state index contributed by atoms with van der Waals surface area (Å²) in [7, 11) is 1.70. The van der Waals surface area contributed by atoms with Crippen molar-refractivity contribution in [3.05, 3.63) is 35.4 Å². The maximum atomic E-state index is 12.2.